The summed E-state index contributed by atoms with van der Waals surface area (Å²) in [4.78, 5) is 29.1. The number of aromatic nitrogens is 1. The molecular weight excluding hydrogens is 455 g/mol. The summed E-state index contributed by atoms with van der Waals surface area (Å²) in [5, 5.41) is 1.07. The molecule has 1 aromatic heterocycles. The monoisotopic (exact) mass is 474 g/mol. The number of amides is 1. The first-order chi connectivity index (χ1) is 15.9. The topological polar surface area (TPSA) is 42.3 Å². The summed E-state index contributed by atoms with van der Waals surface area (Å²) in [6.45, 7) is 1.86. The molecule has 5 rings (SSSR count). The van der Waals surface area contributed by atoms with Crippen molar-refractivity contribution in [2.45, 2.75) is 19.3 Å². The number of aryl methyl sites for hydroxylation is 1. The second-order valence-corrected chi connectivity index (χ2v) is 8.95. The fraction of sp³-hybridized carbons (Fsp3) is 0.111. The van der Waals surface area contributed by atoms with Crippen molar-refractivity contribution in [2.75, 3.05) is 4.90 Å². The molecule has 4 nitrogen and oxygen atoms in total. The zero-order chi connectivity index (χ0) is 23.1. The van der Waals surface area contributed by atoms with Crippen molar-refractivity contribution in [1.82, 2.24) is 4.57 Å². The van der Waals surface area contributed by atoms with Crippen LogP contribution in [0.1, 0.15) is 29.2 Å². The third-order valence-electron chi connectivity index (χ3n) is 5.96. The van der Waals surface area contributed by atoms with Crippen LogP contribution in [0.25, 0.3) is 5.69 Å². The van der Waals surface area contributed by atoms with Crippen LogP contribution >= 0.6 is 23.2 Å². The Balaban J connectivity index is 1.81. The van der Waals surface area contributed by atoms with Crippen LogP contribution in [-0.2, 0) is 4.79 Å². The minimum Gasteiger partial charge on any atom is -0.281 e. The Bertz CT molecular complexity index is 1430. The van der Waals surface area contributed by atoms with E-state index < -0.39 is 0 Å². The van der Waals surface area contributed by atoms with Crippen molar-refractivity contribution in [3.63, 3.8) is 0 Å². The molecule has 0 bridgehead atoms. The number of carbonyl (C=O) groups is 1. The molecule has 6 heteroatoms. The van der Waals surface area contributed by atoms with Crippen LogP contribution in [0, 0.1) is 6.92 Å². The number of nitrogens with zero attached hydrogens (tertiary/aromatic N) is 2. The van der Waals surface area contributed by atoms with E-state index in [2.05, 4.69) is 0 Å². The van der Waals surface area contributed by atoms with Gasteiger partial charge in [-0.15, -0.1) is 0 Å². The molecule has 0 radical (unpaired) electrons. The second-order valence-electron chi connectivity index (χ2n) is 8.08. The van der Waals surface area contributed by atoms with E-state index in [1.54, 1.807) is 39.8 Å². The number of rotatable bonds is 3. The first kappa shape index (κ1) is 21.5. The zero-order valence-corrected chi connectivity index (χ0v) is 19.3. The van der Waals surface area contributed by atoms with Crippen LogP contribution in [-0.4, -0.2) is 10.5 Å². The van der Waals surface area contributed by atoms with Gasteiger partial charge in [-0.3, -0.25) is 19.1 Å². The van der Waals surface area contributed by atoms with Gasteiger partial charge in [0.25, 0.3) is 5.56 Å². The molecule has 1 atom stereocenters. The SMILES string of the molecule is Cc1cc2c(c(=O)n1-c1cccc(Cl)c1)C(c1ccccc1)CC(=O)N2c1cccc(Cl)c1. The lowest BCUT2D eigenvalue weighted by atomic mass is 9.84. The zero-order valence-electron chi connectivity index (χ0n) is 17.8. The smallest absolute Gasteiger partial charge is 0.261 e. The van der Waals surface area contributed by atoms with Crippen LogP contribution in [0.2, 0.25) is 10.0 Å². The van der Waals surface area contributed by atoms with Gasteiger partial charge in [-0.05, 0) is 55.0 Å². The lowest BCUT2D eigenvalue weighted by Gasteiger charge is -2.35. The van der Waals surface area contributed by atoms with E-state index in [-0.39, 0.29) is 23.8 Å². The van der Waals surface area contributed by atoms with Crippen molar-refractivity contribution >= 4 is 40.5 Å². The van der Waals surface area contributed by atoms with E-state index in [0.717, 1.165) is 5.56 Å². The Kier molecular flexibility index (Phi) is 5.57. The normalized spacial score (nSPS) is 15.4. The summed E-state index contributed by atoms with van der Waals surface area (Å²) in [6, 6.07) is 25.9. The molecule has 0 aliphatic carbocycles. The van der Waals surface area contributed by atoms with Gasteiger partial charge in [0, 0.05) is 28.1 Å². The quantitative estimate of drug-likeness (QED) is 0.333. The van der Waals surface area contributed by atoms with Gasteiger partial charge < -0.3 is 0 Å². The highest BCUT2D eigenvalue weighted by Gasteiger charge is 2.36. The Hall–Kier alpha value is -3.34. The number of halogens is 2. The second kappa shape index (κ2) is 8.54. The molecule has 4 aromatic rings. The number of fused-ring (bicyclic) bond motifs is 1. The molecule has 0 saturated carbocycles. The maximum Gasteiger partial charge on any atom is 0.261 e. The molecule has 3 aromatic carbocycles. The predicted molar refractivity (Wildman–Crippen MR) is 133 cm³/mol. The molecule has 0 fully saturated rings. The minimum atomic E-state index is -0.359. The van der Waals surface area contributed by atoms with E-state index in [1.165, 1.54) is 0 Å². The van der Waals surface area contributed by atoms with Crippen molar-refractivity contribution in [1.29, 1.82) is 0 Å². The molecule has 1 aliphatic heterocycles. The Morgan fingerprint density at radius 1 is 0.788 bits per heavy atom. The predicted octanol–water partition coefficient (Wildman–Crippen LogP) is 6.65. The van der Waals surface area contributed by atoms with E-state index in [1.807, 2.05) is 61.5 Å². The van der Waals surface area contributed by atoms with Crippen molar-refractivity contribution in [2.24, 2.45) is 0 Å². The summed E-state index contributed by atoms with van der Waals surface area (Å²) in [7, 11) is 0. The molecule has 0 spiro atoms. The summed E-state index contributed by atoms with van der Waals surface area (Å²) < 4.78 is 1.66. The van der Waals surface area contributed by atoms with Crippen molar-refractivity contribution in [3.05, 3.63) is 122 Å². The molecule has 1 amide bonds. The van der Waals surface area contributed by atoms with Gasteiger partial charge >= 0.3 is 0 Å². The van der Waals surface area contributed by atoms with Crippen molar-refractivity contribution < 1.29 is 4.79 Å². The molecule has 0 N–H and O–H groups in total. The van der Waals surface area contributed by atoms with Crippen LogP contribution in [0.4, 0.5) is 11.4 Å². The highest BCUT2D eigenvalue weighted by Crippen LogP contribution is 2.42. The summed E-state index contributed by atoms with van der Waals surface area (Å²) in [6.07, 6.45) is 0.178. The van der Waals surface area contributed by atoms with Gasteiger partial charge in [-0.1, -0.05) is 65.7 Å². The summed E-state index contributed by atoms with van der Waals surface area (Å²) in [5.74, 6) is -0.444. The van der Waals surface area contributed by atoms with E-state index >= 15 is 0 Å². The third-order valence-corrected chi connectivity index (χ3v) is 6.43. The number of pyridine rings is 1. The maximum absolute atomic E-state index is 14.0. The molecule has 33 heavy (non-hydrogen) atoms. The van der Waals surface area contributed by atoms with E-state index in [9.17, 15) is 9.59 Å². The lowest BCUT2D eigenvalue weighted by Crippen LogP contribution is -2.39. The number of anilines is 2. The van der Waals surface area contributed by atoms with Crippen LogP contribution < -0.4 is 10.5 Å². The lowest BCUT2D eigenvalue weighted by molar-refractivity contribution is -0.118. The number of hydrogen-bond acceptors (Lipinski definition) is 2. The van der Waals surface area contributed by atoms with Gasteiger partial charge in [0.1, 0.15) is 0 Å². The van der Waals surface area contributed by atoms with Gasteiger partial charge in [0.2, 0.25) is 5.91 Å². The molecule has 0 saturated heterocycles. The fourth-order valence-corrected chi connectivity index (χ4v) is 4.92. The average Bonchev–Trinajstić information content (AvgIpc) is 2.79. The minimum absolute atomic E-state index is 0.0853. The van der Waals surface area contributed by atoms with Crippen LogP contribution in [0.15, 0.2) is 89.7 Å². The number of benzene rings is 3. The van der Waals surface area contributed by atoms with Gasteiger partial charge in [0.05, 0.1) is 22.6 Å². The highest BCUT2D eigenvalue weighted by molar-refractivity contribution is 6.31. The van der Waals surface area contributed by atoms with E-state index in [4.69, 9.17) is 23.2 Å². The standard InChI is InChI=1S/C27H20Cl2N2O2/c1-17-13-24-26(27(33)30(17)21-11-5-9-19(28)14-21)23(18-7-3-2-4-8-18)16-25(32)31(24)22-12-6-10-20(29)15-22/h2-15,23H,16H2,1H3. The Labute approximate surface area is 201 Å². The summed E-state index contributed by atoms with van der Waals surface area (Å²) in [5.41, 5.74) is 3.95. The van der Waals surface area contributed by atoms with Crippen LogP contribution in [0.3, 0.4) is 0 Å². The van der Waals surface area contributed by atoms with Crippen molar-refractivity contribution in [3.8, 4) is 5.69 Å². The van der Waals surface area contributed by atoms with E-state index in [0.29, 0.717) is 38.4 Å². The molecule has 1 aliphatic rings. The van der Waals surface area contributed by atoms with Gasteiger partial charge in [-0.2, -0.15) is 0 Å². The largest absolute Gasteiger partial charge is 0.281 e. The Morgan fingerprint density at radius 2 is 1.42 bits per heavy atom. The molecule has 2 heterocycles. The third kappa shape index (κ3) is 3.86. The summed E-state index contributed by atoms with van der Waals surface area (Å²) >= 11 is 12.5. The maximum atomic E-state index is 14.0. The van der Waals surface area contributed by atoms with Gasteiger partial charge in [0.15, 0.2) is 0 Å². The average molecular weight is 475 g/mol. The number of carbonyl (C=O) groups excluding carboxylic acids is 1. The fourth-order valence-electron chi connectivity index (χ4n) is 4.55. The Morgan fingerprint density at radius 3 is 2.09 bits per heavy atom. The first-order valence-electron chi connectivity index (χ1n) is 10.6. The number of hydrogen-bond donors (Lipinski definition) is 0. The molecular formula is C27H20Cl2N2O2. The first-order valence-corrected chi connectivity index (χ1v) is 11.4. The highest BCUT2D eigenvalue weighted by atomic mass is 35.5. The molecule has 1 unspecified atom stereocenters. The van der Waals surface area contributed by atoms with Crippen LogP contribution in [0.5, 0.6) is 0 Å². The van der Waals surface area contributed by atoms with Gasteiger partial charge in [-0.25, -0.2) is 0 Å². The molecule has 164 valence electrons.